The van der Waals surface area contributed by atoms with Gasteiger partial charge in [0, 0.05) is 11.3 Å². The second-order valence-electron chi connectivity index (χ2n) is 4.03. The monoisotopic (exact) mass is 188 g/mol. The number of rotatable bonds is 2. The number of hydrogen-bond donors (Lipinski definition) is 0. The molecule has 1 aromatic heterocycles. The summed E-state index contributed by atoms with van der Waals surface area (Å²) in [7, 11) is 0. The lowest BCUT2D eigenvalue weighted by Crippen LogP contribution is -1.79. The van der Waals surface area contributed by atoms with Crippen molar-refractivity contribution < 1.29 is 4.42 Å². The van der Waals surface area contributed by atoms with E-state index in [-0.39, 0.29) is 0 Å². The highest BCUT2D eigenvalue weighted by Gasteiger charge is 2.06. The number of furan rings is 1. The minimum Gasteiger partial charge on any atom is -0.461 e. The highest BCUT2D eigenvalue weighted by atomic mass is 16.3. The predicted octanol–water partition coefficient (Wildman–Crippen LogP) is 4.12. The Bertz CT molecular complexity index is 437. The SMILES string of the molecule is CCc1ccc2cc(C(C)C)oc2c1. The van der Waals surface area contributed by atoms with Crippen LogP contribution in [0.2, 0.25) is 0 Å². The Balaban J connectivity index is 2.54. The van der Waals surface area contributed by atoms with E-state index in [0.717, 1.165) is 17.8 Å². The summed E-state index contributed by atoms with van der Waals surface area (Å²) in [5.41, 5.74) is 2.36. The van der Waals surface area contributed by atoms with Crippen LogP contribution in [0.15, 0.2) is 28.7 Å². The van der Waals surface area contributed by atoms with Crippen LogP contribution in [-0.4, -0.2) is 0 Å². The molecule has 0 aliphatic rings. The summed E-state index contributed by atoms with van der Waals surface area (Å²) >= 11 is 0. The van der Waals surface area contributed by atoms with Crippen molar-refractivity contribution in [1.29, 1.82) is 0 Å². The summed E-state index contributed by atoms with van der Waals surface area (Å²) in [5.74, 6) is 1.54. The highest BCUT2D eigenvalue weighted by molar-refractivity contribution is 5.78. The molecule has 74 valence electrons. The summed E-state index contributed by atoms with van der Waals surface area (Å²) in [4.78, 5) is 0. The van der Waals surface area contributed by atoms with Crippen LogP contribution in [0.5, 0.6) is 0 Å². The second kappa shape index (κ2) is 3.49. The van der Waals surface area contributed by atoms with Crippen molar-refractivity contribution in [2.24, 2.45) is 0 Å². The normalized spacial score (nSPS) is 11.4. The quantitative estimate of drug-likeness (QED) is 0.691. The lowest BCUT2D eigenvalue weighted by atomic mass is 10.1. The Labute approximate surface area is 84.7 Å². The minimum absolute atomic E-state index is 0.465. The van der Waals surface area contributed by atoms with E-state index in [1.54, 1.807) is 0 Å². The maximum Gasteiger partial charge on any atom is 0.134 e. The zero-order chi connectivity index (χ0) is 10.1. The van der Waals surface area contributed by atoms with Gasteiger partial charge in [0.1, 0.15) is 11.3 Å². The molecule has 14 heavy (non-hydrogen) atoms. The van der Waals surface area contributed by atoms with Gasteiger partial charge < -0.3 is 4.42 Å². The van der Waals surface area contributed by atoms with Gasteiger partial charge in [-0.3, -0.25) is 0 Å². The average Bonchev–Trinajstić information content (AvgIpc) is 2.59. The van der Waals surface area contributed by atoms with E-state index in [1.807, 2.05) is 0 Å². The van der Waals surface area contributed by atoms with Gasteiger partial charge in [-0.2, -0.15) is 0 Å². The molecule has 1 heteroatoms. The van der Waals surface area contributed by atoms with E-state index in [4.69, 9.17) is 4.42 Å². The first-order valence-electron chi connectivity index (χ1n) is 5.23. The number of aryl methyl sites for hydroxylation is 1. The smallest absolute Gasteiger partial charge is 0.134 e. The Morgan fingerprint density at radius 2 is 2.00 bits per heavy atom. The molecule has 0 radical (unpaired) electrons. The lowest BCUT2D eigenvalue weighted by Gasteiger charge is -1.96. The Morgan fingerprint density at radius 1 is 1.21 bits per heavy atom. The van der Waals surface area contributed by atoms with Gasteiger partial charge in [-0.25, -0.2) is 0 Å². The molecule has 0 aliphatic heterocycles. The fraction of sp³-hybridized carbons (Fsp3) is 0.385. The second-order valence-corrected chi connectivity index (χ2v) is 4.03. The molecular weight excluding hydrogens is 172 g/mol. The molecule has 2 aromatic rings. The van der Waals surface area contributed by atoms with Crippen molar-refractivity contribution in [1.82, 2.24) is 0 Å². The number of hydrogen-bond acceptors (Lipinski definition) is 1. The third-order valence-corrected chi connectivity index (χ3v) is 2.58. The summed E-state index contributed by atoms with van der Waals surface area (Å²) < 4.78 is 5.77. The third kappa shape index (κ3) is 1.54. The van der Waals surface area contributed by atoms with Crippen LogP contribution in [0.4, 0.5) is 0 Å². The van der Waals surface area contributed by atoms with Crippen LogP contribution in [0.1, 0.15) is 38.0 Å². The molecule has 0 N–H and O–H groups in total. The van der Waals surface area contributed by atoms with E-state index in [9.17, 15) is 0 Å². The summed E-state index contributed by atoms with van der Waals surface area (Å²) in [6.07, 6.45) is 1.06. The first kappa shape index (κ1) is 9.32. The molecule has 0 saturated carbocycles. The zero-order valence-electron chi connectivity index (χ0n) is 9.00. The van der Waals surface area contributed by atoms with Gasteiger partial charge in [0.15, 0.2) is 0 Å². The van der Waals surface area contributed by atoms with Gasteiger partial charge in [-0.15, -0.1) is 0 Å². The Hall–Kier alpha value is -1.24. The number of benzene rings is 1. The third-order valence-electron chi connectivity index (χ3n) is 2.58. The van der Waals surface area contributed by atoms with Gasteiger partial charge in [-0.05, 0) is 24.1 Å². The lowest BCUT2D eigenvalue weighted by molar-refractivity contribution is 0.521. The number of fused-ring (bicyclic) bond motifs is 1. The topological polar surface area (TPSA) is 13.1 Å². The molecule has 1 aromatic carbocycles. The van der Waals surface area contributed by atoms with Crippen LogP contribution in [0.3, 0.4) is 0 Å². The van der Waals surface area contributed by atoms with E-state index in [1.165, 1.54) is 10.9 Å². The molecule has 0 bridgehead atoms. The molecule has 0 saturated heterocycles. The molecule has 1 nitrogen and oxygen atoms in total. The van der Waals surface area contributed by atoms with E-state index < -0.39 is 0 Å². The molecular formula is C13H16O. The van der Waals surface area contributed by atoms with Crippen molar-refractivity contribution in [3.8, 4) is 0 Å². The van der Waals surface area contributed by atoms with Crippen LogP contribution in [-0.2, 0) is 6.42 Å². The van der Waals surface area contributed by atoms with Crippen molar-refractivity contribution >= 4 is 11.0 Å². The van der Waals surface area contributed by atoms with Gasteiger partial charge in [0.05, 0.1) is 0 Å². The van der Waals surface area contributed by atoms with Gasteiger partial charge in [-0.1, -0.05) is 32.9 Å². The van der Waals surface area contributed by atoms with Gasteiger partial charge in [0.2, 0.25) is 0 Å². The Morgan fingerprint density at radius 3 is 2.64 bits per heavy atom. The molecule has 0 spiro atoms. The van der Waals surface area contributed by atoms with Crippen LogP contribution >= 0.6 is 0 Å². The maximum atomic E-state index is 5.77. The van der Waals surface area contributed by atoms with E-state index >= 15 is 0 Å². The molecule has 0 unspecified atom stereocenters. The molecule has 0 aliphatic carbocycles. The largest absolute Gasteiger partial charge is 0.461 e. The molecule has 0 fully saturated rings. The predicted molar refractivity (Wildman–Crippen MR) is 59.7 cm³/mol. The molecule has 1 heterocycles. The van der Waals surface area contributed by atoms with Crippen LogP contribution in [0, 0.1) is 0 Å². The minimum atomic E-state index is 0.465. The van der Waals surface area contributed by atoms with Gasteiger partial charge >= 0.3 is 0 Å². The zero-order valence-corrected chi connectivity index (χ0v) is 9.00. The molecule has 0 amide bonds. The first-order chi connectivity index (χ1) is 6.70. The summed E-state index contributed by atoms with van der Waals surface area (Å²) in [6.45, 7) is 6.46. The summed E-state index contributed by atoms with van der Waals surface area (Å²) in [6, 6.07) is 8.59. The highest BCUT2D eigenvalue weighted by Crippen LogP contribution is 2.25. The van der Waals surface area contributed by atoms with E-state index in [2.05, 4.69) is 45.0 Å². The standard InChI is InChI=1S/C13H16O/c1-4-10-5-6-11-8-12(9(2)3)14-13(11)7-10/h5-9H,4H2,1-3H3. The van der Waals surface area contributed by atoms with Crippen LogP contribution < -0.4 is 0 Å². The van der Waals surface area contributed by atoms with Gasteiger partial charge in [0.25, 0.3) is 0 Å². The first-order valence-corrected chi connectivity index (χ1v) is 5.23. The fourth-order valence-corrected chi connectivity index (χ4v) is 1.60. The van der Waals surface area contributed by atoms with Crippen molar-refractivity contribution in [3.05, 3.63) is 35.6 Å². The molecule has 0 atom stereocenters. The fourth-order valence-electron chi connectivity index (χ4n) is 1.60. The average molecular weight is 188 g/mol. The summed E-state index contributed by atoms with van der Waals surface area (Å²) in [5, 5.41) is 1.21. The van der Waals surface area contributed by atoms with E-state index in [0.29, 0.717) is 5.92 Å². The van der Waals surface area contributed by atoms with Crippen LogP contribution in [0.25, 0.3) is 11.0 Å². The van der Waals surface area contributed by atoms with Crippen molar-refractivity contribution in [2.75, 3.05) is 0 Å². The van der Waals surface area contributed by atoms with Crippen molar-refractivity contribution in [2.45, 2.75) is 33.1 Å². The maximum absolute atomic E-state index is 5.77. The van der Waals surface area contributed by atoms with Crippen molar-refractivity contribution in [3.63, 3.8) is 0 Å². The molecule has 2 rings (SSSR count). The Kier molecular flexibility index (Phi) is 2.32.